The van der Waals surface area contributed by atoms with Gasteiger partial charge in [0, 0.05) is 17.8 Å². The Morgan fingerprint density at radius 1 is 0.744 bits per heavy atom. The number of nitrogens with one attached hydrogen (secondary N) is 1. The van der Waals surface area contributed by atoms with E-state index in [0.717, 1.165) is 33.7 Å². The molecular formula is C31H25N5O3. The monoisotopic (exact) mass is 515 g/mol. The number of methoxy groups -OCH3 is 2. The molecule has 0 saturated carbocycles. The van der Waals surface area contributed by atoms with E-state index in [9.17, 15) is 5.11 Å². The molecule has 8 heteroatoms. The Bertz CT molecular complexity index is 1750. The first-order chi connectivity index (χ1) is 19.2. The van der Waals surface area contributed by atoms with Gasteiger partial charge in [0.2, 0.25) is 5.88 Å². The minimum absolute atomic E-state index is 0.0900. The van der Waals surface area contributed by atoms with Crippen LogP contribution in [0.15, 0.2) is 103 Å². The zero-order valence-corrected chi connectivity index (χ0v) is 21.4. The van der Waals surface area contributed by atoms with Crippen LogP contribution in [0.25, 0.3) is 39.2 Å². The van der Waals surface area contributed by atoms with Crippen molar-refractivity contribution in [2.24, 2.45) is 0 Å². The fraction of sp³-hybridized carbons (Fsp3) is 0.0645. The van der Waals surface area contributed by atoms with Crippen molar-refractivity contribution in [2.45, 2.75) is 0 Å². The fourth-order valence-corrected chi connectivity index (χ4v) is 4.60. The Kier molecular flexibility index (Phi) is 6.26. The number of ether oxygens (including phenoxy) is 2. The second-order valence-electron chi connectivity index (χ2n) is 8.79. The van der Waals surface area contributed by atoms with E-state index in [1.807, 2.05) is 84.9 Å². The van der Waals surface area contributed by atoms with E-state index in [-0.39, 0.29) is 5.75 Å². The lowest BCUT2D eigenvalue weighted by atomic mass is 10.0. The van der Waals surface area contributed by atoms with Gasteiger partial charge in [-0.05, 0) is 29.3 Å². The smallest absolute Gasteiger partial charge is 0.228 e. The van der Waals surface area contributed by atoms with Crippen molar-refractivity contribution in [3.8, 4) is 50.9 Å². The summed E-state index contributed by atoms with van der Waals surface area (Å²) in [6.07, 6.45) is 1.53. The Morgan fingerprint density at radius 2 is 1.41 bits per heavy atom. The van der Waals surface area contributed by atoms with E-state index in [2.05, 4.69) is 10.3 Å². The van der Waals surface area contributed by atoms with Crippen LogP contribution >= 0.6 is 0 Å². The number of benzene rings is 3. The van der Waals surface area contributed by atoms with Crippen molar-refractivity contribution in [2.75, 3.05) is 19.5 Å². The van der Waals surface area contributed by atoms with E-state index in [0.29, 0.717) is 28.7 Å². The van der Waals surface area contributed by atoms with Gasteiger partial charge in [0.1, 0.15) is 28.8 Å². The SMILES string of the molecule is COc1ccc(-c2c(Nc3cc(O)ccn3)nc3c(-c4ccccc4)c(-c4ccccc4)nn3c2OC)cc1. The number of nitrogens with zero attached hydrogens (tertiary/aromatic N) is 4. The van der Waals surface area contributed by atoms with Gasteiger partial charge in [0.15, 0.2) is 5.65 Å². The molecule has 2 N–H and O–H groups in total. The average molecular weight is 516 g/mol. The van der Waals surface area contributed by atoms with Crippen molar-refractivity contribution < 1.29 is 14.6 Å². The van der Waals surface area contributed by atoms with Crippen LogP contribution in [0.2, 0.25) is 0 Å². The molecule has 192 valence electrons. The Hall–Kier alpha value is -5.37. The van der Waals surface area contributed by atoms with Gasteiger partial charge in [-0.2, -0.15) is 9.61 Å². The third kappa shape index (κ3) is 4.48. The molecule has 0 radical (unpaired) electrons. The van der Waals surface area contributed by atoms with Crippen LogP contribution in [0.5, 0.6) is 17.4 Å². The number of hydrogen-bond acceptors (Lipinski definition) is 7. The summed E-state index contributed by atoms with van der Waals surface area (Å²) >= 11 is 0. The third-order valence-electron chi connectivity index (χ3n) is 6.39. The minimum atomic E-state index is 0.0900. The Morgan fingerprint density at radius 3 is 2.05 bits per heavy atom. The number of rotatable bonds is 7. The number of anilines is 2. The molecule has 6 aromatic rings. The van der Waals surface area contributed by atoms with Gasteiger partial charge in [-0.25, -0.2) is 9.97 Å². The molecule has 0 amide bonds. The largest absolute Gasteiger partial charge is 0.508 e. The first-order valence-electron chi connectivity index (χ1n) is 12.3. The van der Waals surface area contributed by atoms with Gasteiger partial charge in [-0.1, -0.05) is 72.8 Å². The van der Waals surface area contributed by atoms with Crippen molar-refractivity contribution >= 4 is 17.3 Å². The molecular weight excluding hydrogens is 490 g/mol. The fourth-order valence-electron chi connectivity index (χ4n) is 4.60. The second-order valence-corrected chi connectivity index (χ2v) is 8.79. The lowest BCUT2D eigenvalue weighted by Crippen LogP contribution is -2.06. The summed E-state index contributed by atoms with van der Waals surface area (Å²) in [5.74, 6) is 2.25. The maximum absolute atomic E-state index is 10.1. The zero-order chi connectivity index (χ0) is 26.8. The lowest BCUT2D eigenvalue weighted by Gasteiger charge is -2.16. The molecule has 0 unspecified atom stereocenters. The predicted octanol–water partition coefficient (Wildman–Crippen LogP) is 6.59. The molecule has 3 aromatic carbocycles. The summed E-state index contributed by atoms with van der Waals surface area (Å²) in [6, 6.07) is 30.7. The summed E-state index contributed by atoms with van der Waals surface area (Å²) in [5, 5.41) is 18.4. The van der Waals surface area contributed by atoms with Crippen LogP contribution in [-0.4, -0.2) is 38.9 Å². The molecule has 3 aromatic heterocycles. The lowest BCUT2D eigenvalue weighted by molar-refractivity contribution is 0.387. The highest BCUT2D eigenvalue weighted by Gasteiger charge is 2.25. The average Bonchev–Trinajstić information content (AvgIpc) is 3.36. The van der Waals surface area contributed by atoms with Gasteiger partial charge in [0.05, 0.1) is 25.3 Å². The summed E-state index contributed by atoms with van der Waals surface area (Å²) in [7, 11) is 3.24. The molecule has 6 rings (SSSR count). The van der Waals surface area contributed by atoms with Crippen LogP contribution in [0.4, 0.5) is 11.6 Å². The maximum atomic E-state index is 10.1. The van der Waals surface area contributed by atoms with Gasteiger partial charge in [-0.15, -0.1) is 0 Å². The molecule has 0 fully saturated rings. The Labute approximate surface area is 225 Å². The van der Waals surface area contributed by atoms with E-state index in [4.69, 9.17) is 19.6 Å². The summed E-state index contributed by atoms with van der Waals surface area (Å²) in [6.45, 7) is 0. The summed E-state index contributed by atoms with van der Waals surface area (Å²) in [5.41, 5.74) is 5.70. The zero-order valence-electron chi connectivity index (χ0n) is 21.4. The second kappa shape index (κ2) is 10.2. The Balaban J connectivity index is 1.69. The number of fused-ring (bicyclic) bond motifs is 1. The number of aromatic nitrogens is 4. The summed E-state index contributed by atoms with van der Waals surface area (Å²) in [4.78, 5) is 9.48. The van der Waals surface area contributed by atoms with Gasteiger partial charge in [0.25, 0.3) is 0 Å². The normalized spacial score (nSPS) is 10.9. The molecule has 0 spiro atoms. The van der Waals surface area contributed by atoms with Crippen molar-refractivity contribution in [3.05, 3.63) is 103 Å². The van der Waals surface area contributed by atoms with E-state index in [1.165, 1.54) is 12.3 Å². The van der Waals surface area contributed by atoms with Gasteiger partial charge in [-0.3, -0.25) is 0 Å². The molecule has 0 bridgehead atoms. The molecule has 8 nitrogen and oxygen atoms in total. The quantitative estimate of drug-likeness (QED) is 0.248. The first kappa shape index (κ1) is 24.0. The molecule has 3 heterocycles. The highest BCUT2D eigenvalue weighted by Crippen LogP contribution is 2.42. The summed E-state index contributed by atoms with van der Waals surface area (Å²) < 4.78 is 13.1. The molecule has 0 aliphatic rings. The standard InChI is InChI=1S/C31H25N5O3/c1-38-24-15-13-21(14-16-24)27-29(33-25-19-23(37)17-18-32-25)34-30-26(20-9-5-3-6-10-20)28(22-11-7-4-8-12-22)35-36(30)31(27)39-2/h3-19H,1-2H3,(H2,32,33,34,37). The van der Waals surface area contributed by atoms with E-state index >= 15 is 0 Å². The minimum Gasteiger partial charge on any atom is -0.508 e. The molecule has 39 heavy (non-hydrogen) atoms. The number of hydrogen-bond donors (Lipinski definition) is 2. The molecule has 0 aliphatic carbocycles. The van der Waals surface area contributed by atoms with Gasteiger partial charge >= 0.3 is 0 Å². The highest BCUT2D eigenvalue weighted by molar-refractivity contribution is 5.94. The van der Waals surface area contributed by atoms with Crippen LogP contribution in [0, 0.1) is 0 Å². The van der Waals surface area contributed by atoms with Crippen LogP contribution in [-0.2, 0) is 0 Å². The van der Waals surface area contributed by atoms with Crippen molar-refractivity contribution in [1.82, 2.24) is 19.6 Å². The molecule has 0 saturated heterocycles. The third-order valence-corrected chi connectivity index (χ3v) is 6.39. The van der Waals surface area contributed by atoms with Crippen LogP contribution < -0.4 is 14.8 Å². The van der Waals surface area contributed by atoms with Crippen molar-refractivity contribution in [3.63, 3.8) is 0 Å². The first-order valence-corrected chi connectivity index (χ1v) is 12.3. The van der Waals surface area contributed by atoms with E-state index < -0.39 is 0 Å². The maximum Gasteiger partial charge on any atom is 0.228 e. The van der Waals surface area contributed by atoms with E-state index in [1.54, 1.807) is 24.8 Å². The topological polar surface area (TPSA) is 93.8 Å². The van der Waals surface area contributed by atoms with Gasteiger partial charge < -0.3 is 19.9 Å². The predicted molar refractivity (Wildman–Crippen MR) is 152 cm³/mol. The molecule has 0 aliphatic heterocycles. The van der Waals surface area contributed by atoms with Crippen LogP contribution in [0.1, 0.15) is 0 Å². The highest BCUT2D eigenvalue weighted by atomic mass is 16.5. The molecule has 0 atom stereocenters. The number of pyridine rings is 1. The van der Waals surface area contributed by atoms with Crippen molar-refractivity contribution in [1.29, 1.82) is 0 Å². The van der Waals surface area contributed by atoms with Crippen LogP contribution in [0.3, 0.4) is 0 Å². The number of aromatic hydroxyl groups is 1.